The van der Waals surface area contributed by atoms with Gasteiger partial charge in [-0.05, 0) is 12.1 Å². The van der Waals surface area contributed by atoms with Crippen LogP contribution in [0.4, 0.5) is 5.13 Å². The molecule has 0 radical (unpaired) electrons. The first-order valence-electron chi connectivity index (χ1n) is 6.38. The van der Waals surface area contributed by atoms with Gasteiger partial charge in [0.05, 0.1) is 6.54 Å². The number of anilines is 1. The van der Waals surface area contributed by atoms with E-state index in [0.717, 1.165) is 0 Å². The van der Waals surface area contributed by atoms with Crippen molar-refractivity contribution in [2.24, 2.45) is 10.7 Å². The summed E-state index contributed by atoms with van der Waals surface area (Å²) in [5.74, 6) is 3.74. The molecular weight excluding hydrogens is 302 g/mol. The number of aromatic nitrogens is 1. The van der Waals surface area contributed by atoms with Crippen LogP contribution in [-0.4, -0.2) is 23.4 Å². The highest BCUT2D eigenvalue weighted by Gasteiger charge is 2.10. The van der Waals surface area contributed by atoms with Gasteiger partial charge < -0.3 is 20.8 Å². The van der Waals surface area contributed by atoms with E-state index in [1.165, 1.54) is 18.3 Å². The van der Waals surface area contributed by atoms with Crippen LogP contribution in [0.25, 0.3) is 11.5 Å². The molecule has 0 saturated carbocycles. The molecule has 0 bridgehead atoms. The average molecular weight is 317 g/mol. The van der Waals surface area contributed by atoms with Crippen LogP contribution >= 0.6 is 11.3 Å². The van der Waals surface area contributed by atoms with Crippen LogP contribution in [-0.2, 0) is 11.3 Å². The number of nitrogens with zero attached hydrogens (tertiary/aromatic N) is 2. The predicted molar refractivity (Wildman–Crippen MR) is 86.3 cm³/mol. The Bertz CT molecular complexity index is 726. The Balaban J connectivity index is 2.02. The normalized spacial score (nSPS) is 11.0. The lowest BCUT2D eigenvalue weighted by Crippen LogP contribution is -2.22. The zero-order valence-corrected chi connectivity index (χ0v) is 12.7. The van der Waals surface area contributed by atoms with E-state index in [-0.39, 0.29) is 18.4 Å². The molecule has 0 saturated heterocycles. The maximum absolute atomic E-state index is 10.9. The minimum Gasteiger partial charge on any atom is -0.458 e. The number of terminal acetylenes is 1. The molecule has 2 rings (SSSR count). The first-order valence-corrected chi connectivity index (χ1v) is 7.26. The van der Waals surface area contributed by atoms with Crippen molar-refractivity contribution in [3.8, 4) is 23.8 Å². The first kappa shape index (κ1) is 15.6. The molecule has 0 aromatic carbocycles. The molecule has 2 heterocycles. The highest BCUT2D eigenvalue weighted by molar-refractivity contribution is 7.14. The Morgan fingerprint density at radius 2 is 2.41 bits per heavy atom. The summed E-state index contributed by atoms with van der Waals surface area (Å²) in [6.07, 6.45) is 5.10. The summed E-state index contributed by atoms with van der Waals surface area (Å²) in [6, 6.07) is 3.59. The van der Waals surface area contributed by atoms with Gasteiger partial charge in [-0.15, -0.1) is 17.8 Å². The molecule has 0 atom stereocenters. The number of aliphatic imine (C=N–C) groups is 1. The van der Waals surface area contributed by atoms with Crippen molar-refractivity contribution in [2.45, 2.75) is 13.5 Å². The number of nitrogens with one attached hydrogen (secondary N) is 2. The standard InChI is InChI=1S/C14H15N5O2S/c1-3-6-16-13(15)19-14-18-11(8-22-14)12-5-4-10(21-12)7-17-9(2)20/h1,4-5,8H,6-7H2,2H3,(H,17,20)(H3,15,16,18,19). The average Bonchev–Trinajstić information content (AvgIpc) is 3.11. The fraction of sp³-hybridized carbons (Fsp3) is 0.214. The van der Waals surface area contributed by atoms with E-state index in [1.807, 2.05) is 5.38 Å². The summed E-state index contributed by atoms with van der Waals surface area (Å²) in [5.41, 5.74) is 6.33. The van der Waals surface area contributed by atoms with Crippen LogP contribution in [0.3, 0.4) is 0 Å². The quantitative estimate of drug-likeness (QED) is 0.439. The van der Waals surface area contributed by atoms with Crippen LogP contribution in [0, 0.1) is 12.3 Å². The zero-order chi connectivity index (χ0) is 15.9. The number of nitrogens with two attached hydrogens (primary N) is 1. The second-order valence-electron chi connectivity index (χ2n) is 4.24. The summed E-state index contributed by atoms with van der Waals surface area (Å²) in [7, 11) is 0. The van der Waals surface area contributed by atoms with Gasteiger partial charge in [0.25, 0.3) is 0 Å². The SMILES string of the molecule is C#CCN=C(N)Nc1nc(-c2ccc(CNC(C)=O)o2)cs1. The van der Waals surface area contributed by atoms with Crippen molar-refractivity contribution >= 4 is 28.3 Å². The van der Waals surface area contributed by atoms with Gasteiger partial charge in [-0.2, -0.15) is 0 Å². The van der Waals surface area contributed by atoms with E-state index < -0.39 is 0 Å². The predicted octanol–water partition coefficient (Wildman–Crippen LogP) is 1.40. The molecule has 0 fully saturated rings. The van der Waals surface area contributed by atoms with Gasteiger partial charge >= 0.3 is 0 Å². The van der Waals surface area contributed by atoms with E-state index >= 15 is 0 Å². The maximum atomic E-state index is 10.9. The van der Waals surface area contributed by atoms with Crippen molar-refractivity contribution < 1.29 is 9.21 Å². The number of guanidine groups is 1. The molecule has 0 spiro atoms. The van der Waals surface area contributed by atoms with Gasteiger partial charge in [0.2, 0.25) is 5.91 Å². The van der Waals surface area contributed by atoms with Crippen molar-refractivity contribution in [3.63, 3.8) is 0 Å². The van der Waals surface area contributed by atoms with Gasteiger partial charge in [0.15, 0.2) is 16.9 Å². The van der Waals surface area contributed by atoms with Crippen LogP contribution in [0.1, 0.15) is 12.7 Å². The molecule has 0 unspecified atom stereocenters. The summed E-state index contributed by atoms with van der Waals surface area (Å²) in [5, 5.41) is 7.94. The van der Waals surface area contributed by atoms with Crippen molar-refractivity contribution in [1.29, 1.82) is 0 Å². The fourth-order valence-electron chi connectivity index (χ4n) is 1.55. The Hall–Kier alpha value is -2.79. The number of amides is 1. The molecule has 8 heteroatoms. The molecular formula is C14H15N5O2S. The Labute approximate surface area is 131 Å². The molecule has 114 valence electrons. The third-order valence-corrected chi connectivity index (χ3v) is 3.26. The van der Waals surface area contributed by atoms with Crippen LogP contribution < -0.4 is 16.4 Å². The number of hydrogen-bond acceptors (Lipinski definition) is 5. The molecule has 0 aliphatic carbocycles. The summed E-state index contributed by atoms with van der Waals surface area (Å²) < 4.78 is 5.62. The number of carbonyl (C=O) groups is 1. The van der Waals surface area contributed by atoms with Crippen LogP contribution in [0.2, 0.25) is 0 Å². The molecule has 2 aromatic heterocycles. The van der Waals surface area contributed by atoms with Gasteiger partial charge in [-0.25, -0.2) is 9.98 Å². The van der Waals surface area contributed by atoms with Gasteiger partial charge in [-0.3, -0.25) is 4.79 Å². The van der Waals surface area contributed by atoms with Crippen LogP contribution in [0.15, 0.2) is 26.9 Å². The van der Waals surface area contributed by atoms with Crippen molar-refractivity contribution in [1.82, 2.24) is 10.3 Å². The van der Waals surface area contributed by atoms with E-state index in [4.69, 9.17) is 16.6 Å². The molecule has 0 aliphatic heterocycles. The van der Waals surface area contributed by atoms with Gasteiger partial charge in [-0.1, -0.05) is 5.92 Å². The van der Waals surface area contributed by atoms with Crippen molar-refractivity contribution in [3.05, 3.63) is 23.3 Å². The lowest BCUT2D eigenvalue weighted by molar-refractivity contribution is -0.119. The maximum Gasteiger partial charge on any atom is 0.217 e. The number of rotatable bonds is 5. The lowest BCUT2D eigenvalue weighted by Gasteiger charge is -1.99. The minimum absolute atomic E-state index is 0.111. The third-order valence-electron chi connectivity index (χ3n) is 2.51. The number of carbonyl (C=O) groups excluding carboxylic acids is 1. The Morgan fingerprint density at radius 1 is 1.59 bits per heavy atom. The van der Waals surface area contributed by atoms with Crippen LogP contribution in [0.5, 0.6) is 0 Å². The van der Waals surface area contributed by atoms with E-state index in [0.29, 0.717) is 28.9 Å². The second kappa shape index (κ2) is 7.28. The number of furan rings is 1. The third kappa shape index (κ3) is 4.36. The molecule has 1 amide bonds. The van der Waals surface area contributed by atoms with Crippen molar-refractivity contribution in [2.75, 3.05) is 11.9 Å². The van der Waals surface area contributed by atoms with E-state index in [9.17, 15) is 4.79 Å². The lowest BCUT2D eigenvalue weighted by atomic mass is 10.3. The van der Waals surface area contributed by atoms with E-state index in [2.05, 4.69) is 26.5 Å². The molecule has 4 N–H and O–H groups in total. The summed E-state index contributed by atoms with van der Waals surface area (Å²) >= 11 is 1.37. The summed E-state index contributed by atoms with van der Waals surface area (Å²) in [6.45, 7) is 2.01. The largest absolute Gasteiger partial charge is 0.458 e. The highest BCUT2D eigenvalue weighted by atomic mass is 32.1. The van der Waals surface area contributed by atoms with Gasteiger partial charge in [0, 0.05) is 12.3 Å². The van der Waals surface area contributed by atoms with E-state index in [1.54, 1.807) is 12.1 Å². The Morgan fingerprint density at radius 3 is 3.14 bits per heavy atom. The second-order valence-corrected chi connectivity index (χ2v) is 5.10. The highest BCUT2D eigenvalue weighted by Crippen LogP contribution is 2.26. The molecule has 0 aliphatic rings. The Kier molecular flexibility index (Phi) is 5.16. The molecule has 2 aromatic rings. The topological polar surface area (TPSA) is 106 Å². The number of hydrogen-bond donors (Lipinski definition) is 3. The zero-order valence-electron chi connectivity index (χ0n) is 11.9. The fourth-order valence-corrected chi connectivity index (χ4v) is 2.25. The first-order chi connectivity index (χ1) is 10.6. The monoisotopic (exact) mass is 317 g/mol. The molecule has 7 nitrogen and oxygen atoms in total. The minimum atomic E-state index is -0.111. The number of thiazole rings is 1. The van der Waals surface area contributed by atoms with Gasteiger partial charge in [0.1, 0.15) is 18.0 Å². The summed E-state index contributed by atoms with van der Waals surface area (Å²) in [4.78, 5) is 19.1. The smallest absolute Gasteiger partial charge is 0.217 e. The molecule has 22 heavy (non-hydrogen) atoms.